The lowest BCUT2D eigenvalue weighted by atomic mass is 9.97. The zero-order valence-electron chi connectivity index (χ0n) is 12.2. The fraction of sp³-hybridized carbons (Fsp3) is 0.562. The lowest BCUT2D eigenvalue weighted by molar-refractivity contribution is -0.680. The van der Waals surface area contributed by atoms with Crippen molar-refractivity contribution >= 4 is 34.8 Å². The highest BCUT2D eigenvalue weighted by molar-refractivity contribution is 6.39. The third-order valence-electron chi connectivity index (χ3n) is 4.01. The van der Waals surface area contributed by atoms with Crippen LogP contribution in [0.15, 0.2) is 18.2 Å². The van der Waals surface area contributed by atoms with Gasteiger partial charge >= 0.3 is 0 Å². The molecule has 0 aliphatic heterocycles. The molecule has 1 aromatic carbocycles. The smallest absolute Gasteiger partial charge is 0.279 e. The summed E-state index contributed by atoms with van der Waals surface area (Å²) in [4.78, 5) is 12.1. The van der Waals surface area contributed by atoms with Crippen molar-refractivity contribution in [3.8, 4) is 0 Å². The van der Waals surface area contributed by atoms with Gasteiger partial charge in [0.1, 0.15) is 0 Å². The van der Waals surface area contributed by atoms with E-state index >= 15 is 0 Å². The van der Waals surface area contributed by atoms with Gasteiger partial charge in [-0.2, -0.15) is 0 Å². The largest absolute Gasteiger partial charge is 0.336 e. The minimum absolute atomic E-state index is 0.0490. The van der Waals surface area contributed by atoms with Gasteiger partial charge in [-0.25, -0.2) is 0 Å². The summed E-state index contributed by atoms with van der Waals surface area (Å²) in [5.74, 6) is -0.0490. The molecule has 0 saturated heterocycles. The number of nitrogens with two attached hydrogens (primary N) is 1. The summed E-state index contributed by atoms with van der Waals surface area (Å²) in [6.07, 6.45) is 8.98. The molecule has 0 aromatic heterocycles. The van der Waals surface area contributed by atoms with Crippen molar-refractivity contribution in [1.29, 1.82) is 0 Å². The highest BCUT2D eigenvalue weighted by Crippen LogP contribution is 2.29. The Morgan fingerprint density at radius 1 is 1.10 bits per heavy atom. The highest BCUT2D eigenvalue weighted by Gasteiger charge is 2.16. The average molecular weight is 330 g/mol. The summed E-state index contributed by atoms with van der Waals surface area (Å²) in [6, 6.07) is 5.78. The molecule has 5 heteroatoms. The summed E-state index contributed by atoms with van der Waals surface area (Å²) in [5, 5.41) is 5.92. The molecule has 3 N–H and O–H groups in total. The molecule has 1 saturated carbocycles. The van der Waals surface area contributed by atoms with Gasteiger partial charge in [-0.05, 0) is 37.8 Å². The number of hydrogen-bond acceptors (Lipinski definition) is 1. The fourth-order valence-corrected chi connectivity index (χ4v) is 3.30. The van der Waals surface area contributed by atoms with Gasteiger partial charge in [0, 0.05) is 0 Å². The van der Waals surface area contributed by atoms with Crippen LogP contribution >= 0.6 is 23.2 Å². The third-order valence-corrected chi connectivity index (χ3v) is 4.64. The number of nitrogens with one attached hydrogen (secondary N) is 1. The van der Waals surface area contributed by atoms with Crippen LogP contribution in [0.4, 0.5) is 5.69 Å². The van der Waals surface area contributed by atoms with Gasteiger partial charge in [-0.1, -0.05) is 48.5 Å². The van der Waals surface area contributed by atoms with Crippen molar-refractivity contribution in [2.45, 2.75) is 51.0 Å². The first-order valence-electron chi connectivity index (χ1n) is 7.74. The zero-order valence-corrected chi connectivity index (χ0v) is 13.7. The Hall–Kier alpha value is -0.770. The topological polar surface area (TPSA) is 45.7 Å². The lowest BCUT2D eigenvalue weighted by Crippen LogP contribution is -2.91. The molecular formula is C16H23Cl2N2O+. The van der Waals surface area contributed by atoms with Crippen LogP contribution in [0.5, 0.6) is 0 Å². The Bertz CT molecular complexity index is 451. The molecule has 1 amide bonds. The minimum Gasteiger partial charge on any atom is -0.336 e. The maximum Gasteiger partial charge on any atom is 0.279 e. The van der Waals surface area contributed by atoms with Gasteiger partial charge in [0.05, 0.1) is 21.8 Å². The van der Waals surface area contributed by atoms with Crippen molar-refractivity contribution in [1.82, 2.24) is 0 Å². The molecule has 0 atom stereocenters. The van der Waals surface area contributed by atoms with Gasteiger partial charge in [-0.3, -0.25) is 4.79 Å². The summed E-state index contributed by atoms with van der Waals surface area (Å²) in [5.41, 5.74) is 0.511. The van der Waals surface area contributed by atoms with Crippen LogP contribution in [-0.2, 0) is 4.79 Å². The van der Waals surface area contributed by atoms with E-state index in [0.29, 0.717) is 28.3 Å². The Balaban J connectivity index is 1.81. The molecule has 1 aromatic rings. The monoisotopic (exact) mass is 329 g/mol. The molecule has 0 spiro atoms. The van der Waals surface area contributed by atoms with E-state index in [1.807, 2.05) is 0 Å². The van der Waals surface area contributed by atoms with Crippen molar-refractivity contribution in [3.63, 3.8) is 0 Å². The van der Waals surface area contributed by atoms with E-state index < -0.39 is 0 Å². The summed E-state index contributed by atoms with van der Waals surface area (Å²) < 4.78 is 0. The standard InChI is InChI=1S/C16H22Cl2N2O/c17-13-9-6-10-14(18)16(13)20-15(21)11-19-12-7-4-2-1-3-5-8-12/h6,9-10,12,19H,1-5,7-8,11H2,(H,20,21)/p+1. The van der Waals surface area contributed by atoms with E-state index in [9.17, 15) is 4.79 Å². The van der Waals surface area contributed by atoms with Crippen molar-refractivity contribution in [2.75, 3.05) is 11.9 Å². The number of amides is 1. The number of quaternary nitrogens is 1. The first kappa shape index (κ1) is 16.6. The van der Waals surface area contributed by atoms with Crippen LogP contribution < -0.4 is 10.6 Å². The normalized spacial score (nSPS) is 17.0. The lowest BCUT2D eigenvalue weighted by Gasteiger charge is -2.18. The number of halogens is 2. The molecular weight excluding hydrogens is 307 g/mol. The molecule has 1 aliphatic carbocycles. The molecule has 0 bridgehead atoms. The minimum atomic E-state index is -0.0490. The number of para-hydroxylation sites is 1. The van der Waals surface area contributed by atoms with Crippen LogP contribution in [0, 0.1) is 0 Å². The second-order valence-corrected chi connectivity index (χ2v) is 6.50. The number of carbonyl (C=O) groups excluding carboxylic acids is 1. The molecule has 1 fully saturated rings. The Kier molecular flexibility index (Phi) is 6.81. The number of carbonyl (C=O) groups is 1. The van der Waals surface area contributed by atoms with E-state index in [1.165, 1.54) is 44.9 Å². The Labute approximate surface area is 136 Å². The summed E-state index contributed by atoms with van der Waals surface area (Å²) >= 11 is 12.1. The van der Waals surface area contributed by atoms with E-state index in [4.69, 9.17) is 23.2 Å². The second-order valence-electron chi connectivity index (χ2n) is 5.69. The van der Waals surface area contributed by atoms with Gasteiger partial charge in [0.15, 0.2) is 6.54 Å². The molecule has 2 rings (SSSR count). The third kappa shape index (κ3) is 5.50. The molecule has 0 heterocycles. The first-order chi connectivity index (χ1) is 10.2. The number of hydrogen-bond donors (Lipinski definition) is 2. The quantitative estimate of drug-likeness (QED) is 0.870. The van der Waals surface area contributed by atoms with E-state index in [2.05, 4.69) is 10.6 Å². The summed E-state index contributed by atoms with van der Waals surface area (Å²) in [6.45, 7) is 0.423. The van der Waals surface area contributed by atoms with E-state index in [1.54, 1.807) is 18.2 Å². The van der Waals surface area contributed by atoms with Crippen LogP contribution in [0.3, 0.4) is 0 Å². The Morgan fingerprint density at radius 2 is 1.67 bits per heavy atom. The van der Waals surface area contributed by atoms with Crippen LogP contribution in [-0.4, -0.2) is 18.5 Å². The van der Waals surface area contributed by atoms with Crippen molar-refractivity contribution in [3.05, 3.63) is 28.2 Å². The first-order valence-corrected chi connectivity index (χ1v) is 8.49. The van der Waals surface area contributed by atoms with Crippen LogP contribution in [0.2, 0.25) is 10.0 Å². The van der Waals surface area contributed by atoms with Gasteiger partial charge in [-0.15, -0.1) is 0 Å². The number of rotatable bonds is 4. The highest BCUT2D eigenvalue weighted by atomic mass is 35.5. The molecule has 1 aliphatic rings. The van der Waals surface area contributed by atoms with Crippen molar-refractivity contribution < 1.29 is 10.1 Å². The van der Waals surface area contributed by atoms with Gasteiger partial charge in [0.2, 0.25) is 0 Å². The predicted octanol–water partition coefficient (Wildman–Crippen LogP) is 3.61. The number of anilines is 1. The molecule has 0 radical (unpaired) electrons. The molecule has 116 valence electrons. The van der Waals surface area contributed by atoms with Gasteiger partial charge in [0.25, 0.3) is 5.91 Å². The summed E-state index contributed by atoms with van der Waals surface area (Å²) in [7, 11) is 0. The van der Waals surface area contributed by atoms with Crippen LogP contribution in [0.1, 0.15) is 44.9 Å². The Morgan fingerprint density at radius 3 is 2.29 bits per heavy atom. The fourth-order valence-electron chi connectivity index (χ4n) is 2.80. The van der Waals surface area contributed by atoms with E-state index in [-0.39, 0.29) is 5.91 Å². The predicted molar refractivity (Wildman–Crippen MR) is 88.0 cm³/mol. The van der Waals surface area contributed by atoms with E-state index in [0.717, 1.165) is 0 Å². The van der Waals surface area contributed by atoms with Crippen molar-refractivity contribution in [2.24, 2.45) is 0 Å². The molecule has 0 unspecified atom stereocenters. The average Bonchev–Trinajstić information content (AvgIpc) is 2.42. The maximum atomic E-state index is 12.1. The SMILES string of the molecule is O=C(C[NH2+]C1CCCCCCC1)Nc1c(Cl)cccc1Cl. The molecule has 21 heavy (non-hydrogen) atoms. The number of benzene rings is 1. The molecule has 3 nitrogen and oxygen atoms in total. The van der Waals surface area contributed by atoms with Crippen LogP contribution in [0.25, 0.3) is 0 Å². The van der Waals surface area contributed by atoms with Gasteiger partial charge < -0.3 is 10.6 Å². The zero-order chi connectivity index (χ0) is 15.1. The maximum absolute atomic E-state index is 12.1. The second kappa shape index (κ2) is 8.62.